The number of fused-ring (bicyclic) bond motifs is 3. The molecule has 0 spiro atoms. The van der Waals surface area contributed by atoms with Crippen LogP contribution in [0.1, 0.15) is 25.5 Å². The van der Waals surface area contributed by atoms with Crippen molar-refractivity contribution in [1.82, 2.24) is 19.9 Å². The number of ether oxygens (including phenoxy) is 1. The molecule has 1 N–H and O–H groups in total. The van der Waals surface area contributed by atoms with Crippen molar-refractivity contribution in [2.75, 3.05) is 19.6 Å². The van der Waals surface area contributed by atoms with E-state index < -0.39 is 0 Å². The quantitative estimate of drug-likeness (QED) is 0.548. The summed E-state index contributed by atoms with van der Waals surface area (Å²) in [7, 11) is 0. The summed E-state index contributed by atoms with van der Waals surface area (Å²) in [6.45, 7) is 5.27. The van der Waals surface area contributed by atoms with Crippen molar-refractivity contribution in [3.05, 3.63) is 54.5 Å². The van der Waals surface area contributed by atoms with Crippen LogP contribution in [0.3, 0.4) is 0 Å². The lowest BCUT2D eigenvalue weighted by Crippen LogP contribution is -2.38. The van der Waals surface area contributed by atoms with Crippen LogP contribution in [0.2, 0.25) is 0 Å². The molecule has 0 atom stereocenters. The molecule has 6 nitrogen and oxygen atoms in total. The van der Waals surface area contributed by atoms with Crippen LogP contribution < -0.4 is 4.74 Å². The molecule has 150 valence electrons. The van der Waals surface area contributed by atoms with E-state index in [1.807, 2.05) is 24.4 Å². The summed E-state index contributed by atoms with van der Waals surface area (Å²) in [5.41, 5.74) is 4.06. The Morgan fingerprint density at radius 1 is 1.13 bits per heavy atom. The molecule has 30 heavy (non-hydrogen) atoms. The molecule has 0 amide bonds. The van der Waals surface area contributed by atoms with Crippen LogP contribution in [0, 0.1) is 11.3 Å². The van der Waals surface area contributed by atoms with E-state index in [2.05, 4.69) is 51.0 Å². The first-order valence-electron chi connectivity index (χ1n) is 10.4. The van der Waals surface area contributed by atoms with Crippen LogP contribution in [0.4, 0.5) is 0 Å². The van der Waals surface area contributed by atoms with E-state index in [4.69, 9.17) is 4.74 Å². The summed E-state index contributed by atoms with van der Waals surface area (Å²) in [6, 6.07) is 14.5. The Bertz CT molecular complexity index is 1230. The summed E-state index contributed by atoms with van der Waals surface area (Å²) in [4.78, 5) is 14.7. The normalized spacial score (nSPS) is 15.5. The maximum atomic E-state index is 9.70. The lowest BCUT2D eigenvalue weighted by molar-refractivity contribution is 0.104. The number of nitrogens with one attached hydrogen (secondary N) is 1. The Balaban J connectivity index is 1.62. The second-order valence-corrected chi connectivity index (χ2v) is 7.70. The fourth-order valence-corrected chi connectivity index (χ4v) is 4.23. The minimum absolute atomic E-state index is 0.0857. The highest BCUT2D eigenvalue weighted by Gasteiger charge is 2.24. The van der Waals surface area contributed by atoms with Crippen LogP contribution in [0.25, 0.3) is 33.1 Å². The highest BCUT2D eigenvalue weighted by Crippen LogP contribution is 2.37. The zero-order valence-electron chi connectivity index (χ0n) is 16.9. The molecule has 0 unspecified atom stereocenters. The summed E-state index contributed by atoms with van der Waals surface area (Å²) in [5.74, 6) is 0.572. The van der Waals surface area contributed by atoms with Gasteiger partial charge in [-0.25, -0.2) is 9.97 Å². The molecule has 1 saturated heterocycles. The molecule has 4 aromatic rings. The van der Waals surface area contributed by atoms with Crippen molar-refractivity contribution in [2.24, 2.45) is 0 Å². The van der Waals surface area contributed by atoms with Crippen molar-refractivity contribution in [1.29, 1.82) is 5.26 Å². The molecule has 3 aromatic heterocycles. The zero-order valence-corrected chi connectivity index (χ0v) is 16.9. The standard InChI is InChI=1S/C24H23N5O/c1-2-29-10-8-18(9-11-29)30-23-20(13-25)26-15-21-22(23)19-12-17(14-27-24(19)28-21)16-6-4-3-5-7-16/h3-7,12,14-15,18H,2,8-11H2,1H3,(H,27,28). The first-order chi connectivity index (χ1) is 14.8. The average molecular weight is 397 g/mol. The molecule has 1 aliphatic heterocycles. The fourth-order valence-electron chi connectivity index (χ4n) is 4.23. The summed E-state index contributed by atoms with van der Waals surface area (Å²) < 4.78 is 6.44. The number of nitriles is 1. The van der Waals surface area contributed by atoms with E-state index in [1.165, 1.54) is 0 Å². The van der Waals surface area contributed by atoms with Crippen molar-refractivity contribution >= 4 is 21.9 Å². The lowest BCUT2D eigenvalue weighted by atomic mass is 10.0. The second-order valence-electron chi connectivity index (χ2n) is 7.70. The largest absolute Gasteiger partial charge is 0.487 e. The fraction of sp³-hybridized carbons (Fsp3) is 0.292. The number of pyridine rings is 2. The van der Waals surface area contributed by atoms with Gasteiger partial charge in [-0.1, -0.05) is 37.3 Å². The Kier molecular flexibility index (Phi) is 4.82. The number of aromatic nitrogens is 3. The van der Waals surface area contributed by atoms with Crippen LogP contribution in [-0.4, -0.2) is 45.6 Å². The zero-order chi connectivity index (χ0) is 20.5. The third kappa shape index (κ3) is 3.27. The van der Waals surface area contributed by atoms with Crippen molar-refractivity contribution in [2.45, 2.75) is 25.9 Å². The van der Waals surface area contributed by atoms with Gasteiger partial charge in [0.25, 0.3) is 0 Å². The van der Waals surface area contributed by atoms with Crippen molar-refractivity contribution in [3.8, 4) is 22.9 Å². The molecule has 1 aromatic carbocycles. The third-order valence-electron chi connectivity index (χ3n) is 5.92. The number of likely N-dealkylation sites (tertiary alicyclic amines) is 1. The number of H-pyrrole nitrogens is 1. The molecule has 0 radical (unpaired) electrons. The molecule has 1 fully saturated rings. The molecule has 0 aliphatic carbocycles. The minimum Gasteiger partial charge on any atom is -0.487 e. The molecule has 1 aliphatic rings. The predicted octanol–water partition coefficient (Wildman–Crippen LogP) is 4.51. The SMILES string of the molecule is CCN1CCC(Oc2c(C#N)ncc3[nH]c4ncc(-c5ccccc5)cc4c23)CC1. The molecule has 6 heteroatoms. The molecule has 5 rings (SSSR count). The van der Waals surface area contributed by atoms with Gasteiger partial charge < -0.3 is 14.6 Å². The van der Waals surface area contributed by atoms with Gasteiger partial charge in [-0.15, -0.1) is 0 Å². The van der Waals surface area contributed by atoms with E-state index in [0.717, 1.165) is 65.5 Å². The Morgan fingerprint density at radius 2 is 1.93 bits per heavy atom. The van der Waals surface area contributed by atoms with Crippen LogP contribution in [0.15, 0.2) is 48.8 Å². The first kappa shape index (κ1) is 18.6. The van der Waals surface area contributed by atoms with Gasteiger partial charge in [0.2, 0.25) is 0 Å². The smallest absolute Gasteiger partial charge is 0.183 e. The second kappa shape index (κ2) is 7.77. The molecule has 0 saturated carbocycles. The topological polar surface area (TPSA) is 77.8 Å². The number of nitrogens with zero attached hydrogens (tertiary/aromatic N) is 4. The monoisotopic (exact) mass is 397 g/mol. The highest BCUT2D eigenvalue weighted by molar-refractivity contribution is 6.10. The van der Waals surface area contributed by atoms with Crippen LogP contribution >= 0.6 is 0 Å². The molecule has 4 heterocycles. The average Bonchev–Trinajstić information content (AvgIpc) is 3.18. The van der Waals surface area contributed by atoms with Crippen molar-refractivity contribution in [3.63, 3.8) is 0 Å². The van der Waals surface area contributed by atoms with E-state index in [0.29, 0.717) is 11.4 Å². The van der Waals surface area contributed by atoms with Gasteiger partial charge >= 0.3 is 0 Å². The van der Waals surface area contributed by atoms with Gasteiger partial charge in [0.05, 0.1) is 17.1 Å². The first-order valence-corrected chi connectivity index (χ1v) is 10.4. The maximum absolute atomic E-state index is 9.70. The van der Waals surface area contributed by atoms with Crippen molar-refractivity contribution < 1.29 is 4.74 Å². The number of rotatable bonds is 4. The predicted molar refractivity (Wildman–Crippen MR) is 117 cm³/mol. The summed E-state index contributed by atoms with van der Waals surface area (Å²) in [5, 5.41) is 11.5. The Hall–Kier alpha value is -3.43. The number of hydrogen-bond donors (Lipinski definition) is 1. The van der Waals surface area contributed by atoms with Gasteiger partial charge in [0.1, 0.15) is 17.8 Å². The number of piperidine rings is 1. The van der Waals surface area contributed by atoms with Crippen LogP contribution in [0.5, 0.6) is 5.75 Å². The summed E-state index contributed by atoms with van der Waals surface area (Å²) in [6.07, 6.45) is 5.55. The highest BCUT2D eigenvalue weighted by atomic mass is 16.5. The number of aromatic amines is 1. The summed E-state index contributed by atoms with van der Waals surface area (Å²) >= 11 is 0. The molecular weight excluding hydrogens is 374 g/mol. The number of benzene rings is 1. The third-order valence-corrected chi connectivity index (χ3v) is 5.92. The molecular formula is C24H23N5O. The van der Waals surface area contributed by atoms with Crippen LogP contribution in [-0.2, 0) is 0 Å². The van der Waals surface area contributed by atoms with E-state index in [9.17, 15) is 5.26 Å². The maximum Gasteiger partial charge on any atom is 0.183 e. The van der Waals surface area contributed by atoms with E-state index in [1.54, 1.807) is 6.20 Å². The van der Waals surface area contributed by atoms with Gasteiger partial charge in [-0.05, 0) is 31.0 Å². The number of hydrogen-bond acceptors (Lipinski definition) is 5. The van der Waals surface area contributed by atoms with Gasteiger partial charge in [0.15, 0.2) is 11.4 Å². The van der Waals surface area contributed by atoms with Gasteiger partial charge in [0, 0.05) is 30.2 Å². The van der Waals surface area contributed by atoms with E-state index in [-0.39, 0.29) is 6.10 Å². The van der Waals surface area contributed by atoms with Gasteiger partial charge in [-0.2, -0.15) is 5.26 Å². The minimum atomic E-state index is 0.0857. The Labute approximate surface area is 175 Å². The lowest BCUT2D eigenvalue weighted by Gasteiger charge is -2.31. The Morgan fingerprint density at radius 3 is 2.67 bits per heavy atom. The van der Waals surface area contributed by atoms with Gasteiger partial charge in [-0.3, -0.25) is 0 Å². The van der Waals surface area contributed by atoms with E-state index >= 15 is 0 Å². The molecule has 0 bridgehead atoms.